The second-order valence-corrected chi connectivity index (χ2v) is 8.89. The Morgan fingerprint density at radius 3 is 2.11 bits per heavy atom. The largest absolute Gasteiger partial charge is 0.256 e. The molecule has 0 radical (unpaired) electrons. The Labute approximate surface area is 173 Å². The van der Waals surface area contributed by atoms with E-state index in [1.807, 2.05) is 0 Å². The maximum absolute atomic E-state index is 4.75. The van der Waals surface area contributed by atoms with E-state index in [1.165, 1.54) is 93.7 Å². The van der Waals surface area contributed by atoms with Gasteiger partial charge in [0, 0.05) is 11.8 Å². The number of aromatic nitrogens is 1. The fraction of sp³-hybridized carbons (Fsp3) is 0.593. The zero-order chi connectivity index (χ0) is 19.6. The summed E-state index contributed by atoms with van der Waals surface area (Å²) in [7, 11) is 0. The molecule has 2 aromatic rings. The van der Waals surface area contributed by atoms with Crippen LogP contribution in [0.1, 0.15) is 89.2 Å². The summed E-state index contributed by atoms with van der Waals surface area (Å²) in [6.45, 7) is 4.62. The van der Waals surface area contributed by atoms with E-state index in [4.69, 9.17) is 4.98 Å². The number of rotatable bonds is 10. The number of pyridine rings is 1. The molecule has 0 atom stereocenters. The molecule has 152 valence electrons. The molecule has 1 fully saturated rings. The zero-order valence-corrected chi connectivity index (χ0v) is 18.1. The molecule has 0 saturated heterocycles. The van der Waals surface area contributed by atoms with Crippen LogP contribution in [0.25, 0.3) is 11.3 Å². The summed E-state index contributed by atoms with van der Waals surface area (Å²) < 4.78 is 0. The number of aryl methyl sites for hydroxylation is 2. The van der Waals surface area contributed by atoms with Crippen LogP contribution in [0.2, 0.25) is 0 Å². The normalized spacial score (nSPS) is 19.6. The quantitative estimate of drug-likeness (QED) is 0.382. The first-order chi connectivity index (χ1) is 13.8. The van der Waals surface area contributed by atoms with Crippen LogP contribution >= 0.6 is 0 Å². The van der Waals surface area contributed by atoms with E-state index < -0.39 is 0 Å². The Morgan fingerprint density at radius 1 is 0.750 bits per heavy atom. The van der Waals surface area contributed by atoms with Gasteiger partial charge in [-0.1, -0.05) is 95.5 Å². The van der Waals surface area contributed by atoms with Crippen molar-refractivity contribution < 1.29 is 0 Å². The Morgan fingerprint density at radius 2 is 1.46 bits per heavy atom. The van der Waals surface area contributed by atoms with Crippen molar-refractivity contribution in [3.63, 3.8) is 0 Å². The Hall–Kier alpha value is -1.63. The van der Waals surface area contributed by atoms with Crippen LogP contribution in [0, 0.1) is 11.8 Å². The molecule has 1 heteroatoms. The minimum Gasteiger partial charge on any atom is -0.256 e. The van der Waals surface area contributed by atoms with Gasteiger partial charge in [-0.05, 0) is 54.7 Å². The van der Waals surface area contributed by atoms with Gasteiger partial charge in [0.15, 0.2) is 0 Å². The van der Waals surface area contributed by atoms with Gasteiger partial charge in [-0.15, -0.1) is 0 Å². The summed E-state index contributed by atoms with van der Waals surface area (Å²) in [5.41, 5.74) is 5.19. The molecule has 0 amide bonds. The average molecular weight is 378 g/mol. The third-order valence-electron chi connectivity index (χ3n) is 6.78. The Balaban J connectivity index is 1.46. The topological polar surface area (TPSA) is 12.9 Å². The maximum atomic E-state index is 4.75. The van der Waals surface area contributed by atoms with Crippen molar-refractivity contribution in [3.8, 4) is 11.3 Å². The van der Waals surface area contributed by atoms with Gasteiger partial charge in [-0.2, -0.15) is 0 Å². The van der Waals surface area contributed by atoms with Gasteiger partial charge in [0.1, 0.15) is 0 Å². The highest BCUT2D eigenvalue weighted by Crippen LogP contribution is 2.33. The molecule has 1 aromatic carbocycles. The van der Waals surface area contributed by atoms with E-state index in [2.05, 4.69) is 56.4 Å². The van der Waals surface area contributed by atoms with Crippen LogP contribution in [-0.4, -0.2) is 4.98 Å². The second kappa shape index (κ2) is 11.4. The number of unbranched alkanes of at least 4 members (excludes halogenated alkanes) is 3. The molecular formula is C27H39N. The lowest BCUT2D eigenvalue weighted by atomic mass is 9.79. The van der Waals surface area contributed by atoms with E-state index in [0.717, 1.165) is 17.5 Å². The number of hydrogen-bond acceptors (Lipinski definition) is 1. The maximum Gasteiger partial charge on any atom is 0.0702 e. The van der Waals surface area contributed by atoms with Crippen LogP contribution in [0.15, 0.2) is 42.6 Å². The zero-order valence-electron chi connectivity index (χ0n) is 18.1. The summed E-state index contributed by atoms with van der Waals surface area (Å²) in [4.78, 5) is 4.75. The van der Waals surface area contributed by atoms with Crippen LogP contribution in [0.5, 0.6) is 0 Å². The third kappa shape index (κ3) is 6.47. The van der Waals surface area contributed by atoms with Crippen LogP contribution in [0.3, 0.4) is 0 Å². The molecule has 28 heavy (non-hydrogen) atoms. The summed E-state index contributed by atoms with van der Waals surface area (Å²) >= 11 is 0. The van der Waals surface area contributed by atoms with E-state index in [1.54, 1.807) is 0 Å². The van der Waals surface area contributed by atoms with Gasteiger partial charge in [-0.25, -0.2) is 0 Å². The van der Waals surface area contributed by atoms with E-state index in [9.17, 15) is 0 Å². The Bertz CT molecular complexity index is 662. The molecule has 0 unspecified atom stereocenters. The van der Waals surface area contributed by atoms with Gasteiger partial charge in [0.05, 0.1) is 5.69 Å². The van der Waals surface area contributed by atoms with Gasteiger partial charge in [0.2, 0.25) is 0 Å². The van der Waals surface area contributed by atoms with Gasteiger partial charge >= 0.3 is 0 Å². The van der Waals surface area contributed by atoms with Gasteiger partial charge in [0.25, 0.3) is 0 Å². The highest BCUT2D eigenvalue weighted by molar-refractivity contribution is 5.59. The van der Waals surface area contributed by atoms with Crippen molar-refractivity contribution in [2.24, 2.45) is 11.8 Å². The van der Waals surface area contributed by atoms with Crippen molar-refractivity contribution in [3.05, 3.63) is 53.7 Å². The SMILES string of the molecule is CCCCCCc1ccc(-c2ccc(CCC3CCC(CC)CC3)cn2)cc1. The Kier molecular flexibility index (Phi) is 8.58. The minimum absolute atomic E-state index is 0.937. The highest BCUT2D eigenvalue weighted by atomic mass is 14.7. The van der Waals surface area contributed by atoms with E-state index in [0.29, 0.717) is 0 Å². The lowest BCUT2D eigenvalue weighted by molar-refractivity contribution is 0.259. The highest BCUT2D eigenvalue weighted by Gasteiger charge is 2.19. The van der Waals surface area contributed by atoms with E-state index >= 15 is 0 Å². The monoisotopic (exact) mass is 377 g/mol. The van der Waals surface area contributed by atoms with Crippen molar-refractivity contribution in [2.75, 3.05) is 0 Å². The molecule has 1 heterocycles. The van der Waals surface area contributed by atoms with Gasteiger partial charge < -0.3 is 0 Å². The third-order valence-corrected chi connectivity index (χ3v) is 6.78. The van der Waals surface area contributed by atoms with Crippen molar-refractivity contribution >= 4 is 0 Å². The summed E-state index contributed by atoms with van der Waals surface area (Å²) in [5.74, 6) is 1.94. The molecule has 1 aliphatic carbocycles. The molecule has 1 nitrogen and oxygen atoms in total. The molecule has 0 aliphatic heterocycles. The first-order valence-corrected chi connectivity index (χ1v) is 11.8. The first kappa shape index (κ1) is 21.1. The molecule has 0 bridgehead atoms. The molecule has 1 aromatic heterocycles. The molecule has 3 rings (SSSR count). The fourth-order valence-electron chi connectivity index (χ4n) is 4.64. The smallest absolute Gasteiger partial charge is 0.0702 e. The predicted octanol–water partition coefficient (Wildman–Crippen LogP) is 8.02. The molecule has 0 N–H and O–H groups in total. The molecule has 0 spiro atoms. The number of benzene rings is 1. The lowest BCUT2D eigenvalue weighted by Crippen LogP contribution is -2.14. The van der Waals surface area contributed by atoms with Crippen molar-refractivity contribution in [1.82, 2.24) is 4.98 Å². The van der Waals surface area contributed by atoms with Crippen molar-refractivity contribution in [2.45, 2.75) is 90.9 Å². The van der Waals surface area contributed by atoms with Crippen LogP contribution < -0.4 is 0 Å². The summed E-state index contributed by atoms with van der Waals surface area (Å²) in [6, 6.07) is 13.5. The summed E-state index contributed by atoms with van der Waals surface area (Å²) in [5, 5.41) is 0. The average Bonchev–Trinajstić information content (AvgIpc) is 2.76. The molecular weight excluding hydrogens is 338 g/mol. The number of nitrogens with zero attached hydrogens (tertiary/aromatic N) is 1. The summed E-state index contributed by atoms with van der Waals surface area (Å²) in [6.07, 6.45) is 18.3. The lowest BCUT2D eigenvalue weighted by Gasteiger charge is -2.27. The van der Waals surface area contributed by atoms with Gasteiger partial charge in [-0.3, -0.25) is 4.98 Å². The first-order valence-electron chi connectivity index (χ1n) is 11.8. The minimum atomic E-state index is 0.937. The molecule has 1 saturated carbocycles. The van der Waals surface area contributed by atoms with Crippen LogP contribution in [-0.2, 0) is 12.8 Å². The molecule has 1 aliphatic rings. The number of hydrogen-bond donors (Lipinski definition) is 0. The fourth-order valence-corrected chi connectivity index (χ4v) is 4.64. The van der Waals surface area contributed by atoms with E-state index in [-0.39, 0.29) is 0 Å². The second-order valence-electron chi connectivity index (χ2n) is 8.89. The standard InChI is InChI=1S/C27H39N/c1-3-5-6-7-8-23-15-18-26(19-16-23)27-20-17-25(21-28-27)14-13-24-11-9-22(4-2)10-12-24/h15-22,24H,3-14H2,1-2H3. The van der Waals surface area contributed by atoms with Crippen molar-refractivity contribution in [1.29, 1.82) is 0 Å². The predicted molar refractivity (Wildman–Crippen MR) is 122 cm³/mol. The van der Waals surface area contributed by atoms with Crippen LogP contribution in [0.4, 0.5) is 0 Å².